The fourth-order valence-corrected chi connectivity index (χ4v) is 3.43. The zero-order valence-electron chi connectivity index (χ0n) is 12.9. The molecule has 1 aromatic heterocycles. The maximum absolute atomic E-state index is 14.1. The van der Waals surface area contributed by atoms with E-state index in [2.05, 4.69) is 11.6 Å². The molecule has 0 atom stereocenters. The summed E-state index contributed by atoms with van der Waals surface area (Å²) in [5.41, 5.74) is 0.906. The van der Waals surface area contributed by atoms with Crippen LogP contribution < -0.4 is 4.80 Å². The number of aromatic nitrogens is 1. The Kier molecular flexibility index (Phi) is 4.55. The third-order valence-corrected chi connectivity index (χ3v) is 4.49. The normalized spacial score (nSPS) is 11.5. The minimum atomic E-state index is -0.722. The van der Waals surface area contributed by atoms with Gasteiger partial charge in [-0.05, 0) is 30.3 Å². The van der Waals surface area contributed by atoms with Crippen molar-refractivity contribution < 1.29 is 13.6 Å². The quantitative estimate of drug-likeness (QED) is 0.672. The number of rotatable bonds is 3. The second-order valence-electron chi connectivity index (χ2n) is 5.12. The summed E-state index contributed by atoms with van der Waals surface area (Å²) in [4.78, 5) is 16.6. The van der Waals surface area contributed by atoms with Crippen LogP contribution in [0.1, 0.15) is 15.9 Å². The number of nitrogens with zero attached hydrogens (tertiary/aromatic N) is 3. The Morgan fingerprint density at radius 2 is 2.04 bits per heavy atom. The molecular weight excluding hydrogens is 344 g/mol. The Morgan fingerprint density at radius 3 is 2.68 bits per heavy atom. The fraction of sp³-hybridized carbons (Fsp3) is 0.0556. The molecule has 1 heterocycles. The molecule has 0 bridgehead atoms. The molecule has 2 aromatic carbocycles. The van der Waals surface area contributed by atoms with Crippen molar-refractivity contribution in [1.82, 2.24) is 4.57 Å². The lowest BCUT2D eigenvalue weighted by atomic mass is 10.1. The largest absolute Gasteiger partial charge is 0.310 e. The van der Waals surface area contributed by atoms with E-state index in [0.717, 1.165) is 17.4 Å². The van der Waals surface area contributed by atoms with E-state index in [1.54, 1.807) is 6.08 Å². The van der Waals surface area contributed by atoms with Gasteiger partial charge in [-0.1, -0.05) is 17.4 Å². The molecule has 0 saturated carbocycles. The van der Waals surface area contributed by atoms with Gasteiger partial charge < -0.3 is 4.57 Å². The number of carbonyl (C=O) groups is 1. The average Bonchev–Trinajstić information content (AvgIpc) is 2.92. The molecule has 0 aliphatic heterocycles. The first kappa shape index (κ1) is 16.7. The second-order valence-corrected chi connectivity index (χ2v) is 6.13. The van der Waals surface area contributed by atoms with Crippen LogP contribution in [0.4, 0.5) is 8.78 Å². The monoisotopic (exact) mass is 355 g/mol. The van der Waals surface area contributed by atoms with Crippen LogP contribution in [0.25, 0.3) is 10.2 Å². The van der Waals surface area contributed by atoms with E-state index in [1.165, 1.54) is 34.9 Å². The van der Waals surface area contributed by atoms with Crippen molar-refractivity contribution in [3.05, 3.63) is 76.6 Å². The zero-order valence-corrected chi connectivity index (χ0v) is 13.7. The lowest BCUT2D eigenvalue weighted by molar-refractivity contribution is 0.0998. The van der Waals surface area contributed by atoms with Gasteiger partial charge in [0.25, 0.3) is 5.91 Å². The SMILES string of the molecule is C=CCn1c(=NC(=O)c2ccc(C#N)cc2)sc2cc(F)cc(F)c21. The number of hydrogen-bond acceptors (Lipinski definition) is 3. The first-order valence-electron chi connectivity index (χ1n) is 7.22. The average molecular weight is 355 g/mol. The molecular formula is C18H11F2N3OS. The van der Waals surface area contributed by atoms with Crippen molar-refractivity contribution in [1.29, 1.82) is 5.26 Å². The molecule has 0 radical (unpaired) electrons. The Bertz CT molecular complexity index is 1090. The Morgan fingerprint density at radius 1 is 1.32 bits per heavy atom. The summed E-state index contributed by atoms with van der Waals surface area (Å²) in [5, 5.41) is 8.79. The van der Waals surface area contributed by atoms with E-state index in [4.69, 9.17) is 5.26 Å². The topological polar surface area (TPSA) is 58.1 Å². The van der Waals surface area contributed by atoms with E-state index in [0.29, 0.717) is 15.8 Å². The molecule has 3 aromatic rings. The third kappa shape index (κ3) is 3.25. The molecule has 7 heteroatoms. The Hall–Kier alpha value is -3.11. The lowest BCUT2D eigenvalue weighted by Gasteiger charge is -2.02. The molecule has 0 unspecified atom stereocenters. The number of nitriles is 1. The van der Waals surface area contributed by atoms with Gasteiger partial charge in [0.1, 0.15) is 5.82 Å². The van der Waals surface area contributed by atoms with Crippen LogP contribution in [0, 0.1) is 23.0 Å². The number of amides is 1. The molecule has 0 aliphatic rings. The highest BCUT2D eigenvalue weighted by atomic mass is 32.1. The van der Waals surface area contributed by atoms with Crippen LogP contribution in [-0.2, 0) is 6.54 Å². The van der Waals surface area contributed by atoms with Crippen molar-refractivity contribution in [3.63, 3.8) is 0 Å². The van der Waals surface area contributed by atoms with Gasteiger partial charge in [-0.2, -0.15) is 10.3 Å². The van der Waals surface area contributed by atoms with Crippen LogP contribution in [0.2, 0.25) is 0 Å². The van der Waals surface area contributed by atoms with Gasteiger partial charge in [-0.25, -0.2) is 8.78 Å². The van der Waals surface area contributed by atoms with Gasteiger partial charge in [-0.15, -0.1) is 6.58 Å². The summed E-state index contributed by atoms with van der Waals surface area (Å²) in [6.45, 7) is 3.84. The highest BCUT2D eigenvalue weighted by Gasteiger charge is 2.13. The van der Waals surface area contributed by atoms with Crippen LogP contribution in [0.5, 0.6) is 0 Å². The number of thiazole rings is 1. The molecule has 3 rings (SSSR count). The van der Waals surface area contributed by atoms with E-state index >= 15 is 0 Å². The molecule has 4 nitrogen and oxygen atoms in total. The number of allylic oxidation sites excluding steroid dienone is 1. The van der Waals surface area contributed by atoms with Crippen molar-refractivity contribution in [2.45, 2.75) is 6.54 Å². The van der Waals surface area contributed by atoms with E-state index in [9.17, 15) is 13.6 Å². The van der Waals surface area contributed by atoms with Gasteiger partial charge in [0.15, 0.2) is 10.6 Å². The van der Waals surface area contributed by atoms with Gasteiger partial charge in [0.05, 0.1) is 21.8 Å². The van der Waals surface area contributed by atoms with E-state index in [-0.39, 0.29) is 16.9 Å². The highest BCUT2D eigenvalue weighted by molar-refractivity contribution is 7.16. The molecule has 0 aliphatic carbocycles. The smallest absolute Gasteiger partial charge is 0.279 e. The minimum absolute atomic E-state index is 0.178. The van der Waals surface area contributed by atoms with Gasteiger partial charge in [-0.3, -0.25) is 4.79 Å². The summed E-state index contributed by atoms with van der Waals surface area (Å²) in [6, 6.07) is 9.98. The van der Waals surface area contributed by atoms with E-state index in [1.807, 2.05) is 6.07 Å². The Balaban J connectivity index is 2.16. The standard InChI is InChI=1S/C18H11F2N3OS/c1-2-7-23-16-14(20)8-13(19)9-15(16)25-18(23)22-17(24)12-5-3-11(10-21)4-6-12/h2-6,8-9H,1,7H2. The second kappa shape index (κ2) is 6.79. The first-order valence-corrected chi connectivity index (χ1v) is 8.03. The van der Waals surface area contributed by atoms with Crippen molar-refractivity contribution >= 4 is 27.5 Å². The van der Waals surface area contributed by atoms with Crippen molar-refractivity contribution in [3.8, 4) is 6.07 Å². The zero-order chi connectivity index (χ0) is 18.0. The summed E-state index contributed by atoms with van der Waals surface area (Å²) >= 11 is 1.02. The van der Waals surface area contributed by atoms with Crippen molar-refractivity contribution in [2.24, 2.45) is 4.99 Å². The fourth-order valence-electron chi connectivity index (χ4n) is 2.35. The summed E-state index contributed by atoms with van der Waals surface area (Å²) < 4.78 is 29.4. The molecule has 25 heavy (non-hydrogen) atoms. The predicted molar refractivity (Wildman–Crippen MR) is 91.0 cm³/mol. The number of hydrogen-bond donors (Lipinski definition) is 0. The van der Waals surface area contributed by atoms with Crippen LogP contribution in [0.15, 0.2) is 54.0 Å². The maximum atomic E-state index is 14.1. The molecule has 1 amide bonds. The van der Waals surface area contributed by atoms with Gasteiger partial charge in [0, 0.05) is 18.2 Å². The minimum Gasteiger partial charge on any atom is -0.310 e. The number of carbonyl (C=O) groups excluding carboxylic acids is 1. The molecule has 0 spiro atoms. The van der Waals surface area contributed by atoms with Gasteiger partial charge in [0.2, 0.25) is 0 Å². The summed E-state index contributed by atoms with van der Waals surface area (Å²) in [6.07, 6.45) is 1.54. The molecule has 0 fully saturated rings. The van der Waals surface area contributed by atoms with Crippen LogP contribution >= 0.6 is 11.3 Å². The van der Waals surface area contributed by atoms with Gasteiger partial charge >= 0.3 is 0 Å². The highest BCUT2D eigenvalue weighted by Crippen LogP contribution is 2.22. The van der Waals surface area contributed by atoms with Crippen molar-refractivity contribution in [2.75, 3.05) is 0 Å². The molecule has 124 valence electrons. The third-order valence-electron chi connectivity index (χ3n) is 3.47. The Labute approximate surface area is 145 Å². The summed E-state index contributed by atoms with van der Waals surface area (Å²) in [7, 11) is 0. The number of fused-ring (bicyclic) bond motifs is 1. The summed E-state index contributed by atoms with van der Waals surface area (Å²) in [5.74, 6) is -1.95. The van der Waals surface area contributed by atoms with E-state index < -0.39 is 17.5 Å². The lowest BCUT2D eigenvalue weighted by Crippen LogP contribution is -2.16. The van der Waals surface area contributed by atoms with Crippen LogP contribution in [0.3, 0.4) is 0 Å². The number of benzene rings is 2. The first-order chi connectivity index (χ1) is 12.0. The molecule has 0 N–H and O–H groups in total. The molecule has 0 saturated heterocycles. The maximum Gasteiger partial charge on any atom is 0.279 e. The van der Waals surface area contributed by atoms with Crippen LogP contribution in [-0.4, -0.2) is 10.5 Å². The number of halogens is 2. The predicted octanol–water partition coefficient (Wildman–Crippen LogP) is 3.78.